The van der Waals surface area contributed by atoms with Gasteiger partial charge in [-0.3, -0.25) is 9.59 Å². The van der Waals surface area contributed by atoms with Crippen molar-refractivity contribution in [3.05, 3.63) is 34.9 Å². The van der Waals surface area contributed by atoms with E-state index in [9.17, 15) is 27.2 Å². The van der Waals surface area contributed by atoms with E-state index >= 15 is 0 Å². The third-order valence-corrected chi connectivity index (χ3v) is 2.05. The SMILES string of the molecule is CCOC(=O)CNC(=O)c1cc(F)c(F)c(F)c1F. The Hall–Kier alpha value is -2.12. The molecule has 0 unspecified atom stereocenters. The van der Waals surface area contributed by atoms with Crippen molar-refractivity contribution in [3.63, 3.8) is 0 Å². The number of carbonyl (C=O) groups is 2. The summed E-state index contributed by atoms with van der Waals surface area (Å²) in [5, 5.41) is 1.89. The molecule has 0 saturated carbocycles. The third kappa shape index (κ3) is 3.43. The maximum Gasteiger partial charge on any atom is 0.325 e. The zero-order valence-corrected chi connectivity index (χ0v) is 9.73. The van der Waals surface area contributed by atoms with Crippen LogP contribution in [0.25, 0.3) is 0 Å². The first kappa shape index (κ1) is 14.9. The minimum atomic E-state index is -2.10. The van der Waals surface area contributed by atoms with Gasteiger partial charge in [0.2, 0.25) is 0 Å². The lowest BCUT2D eigenvalue weighted by Gasteiger charge is -2.07. The van der Waals surface area contributed by atoms with Crippen molar-refractivity contribution in [2.45, 2.75) is 6.92 Å². The van der Waals surface area contributed by atoms with Gasteiger partial charge in [0.25, 0.3) is 5.91 Å². The summed E-state index contributed by atoms with van der Waals surface area (Å²) in [7, 11) is 0. The zero-order chi connectivity index (χ0) is 14.6. The van der Waals surface area contributed by atoms with Gasteiger partial charge in [0.05, 0.1) is 12.2 Å². The number of ether oxygens (including phenoxy) is 1. The fraction of sp³-hybridized carbons (Fsp3) is 0.273. The van der Waals surface area contributed by atoms with Crippen molar-refractivity contribution in [2.75, 3.05) is 13.2 Å². The molecule has 104 valence electrons. The largest absolute Gasteiger partial charge is 0.465 e. The number of amides is 1. The molecule has 0 saturated heterocycles. The molecule has 1 rings (SSSR count). The van der Waals surface area contributed by atoms with Crippen LogP contribution < -0.4 is 5.32 Å². The first-order chi connectivity index (χ1) is 8.88. The van der Waals surface area contributed by atoms with Crippen molar-refractivity contribution in [2.24, 2.45) is 0 Å². The Morgan fingerprint density at radius 2 is 1.79 bits per heavy atom. The van der Waals surface area contributed by atoms with Crippen LogP contribution in [0.15, 0.2) is 6.07 Å². The summed E-state index contributed by atoms with van der Waals surface area (Å²) in [4.78, 5) is 22.3. The van der Waals surface area contributed by atoms with E-state index in [2.05, 4.69) is 4.74 Å². The number of rotatable bonds is 4. The highest BCUT2D eigenvalue weighted by Crippen LogP contribution is 2.18. The van der Waals surface area contributed by atoms with Gasteiger partial charge in [-0.15, -0.1) is 0 Å². The van der Waals surface area contributed by atoms with Crippen LogP contribution in [0, 0.1) is 23.3 Å². The molecule has 0 bridgehead atoms. The van der Waals surface area contributed by atoms with Crippen molar-refractivity contribution < 1.29 is 31.9 Å². The molecule has 0 radical (unpaired) electrons. The van der Waals surface area contributed by atoms with E-state index in [1.54, 1.807) is 0 Å². The highest BCUT2D eigenvalue weighted by Gasteiger charge is 2.23. The molecule has 4 nitrogen and oxygen atoms in total. The minimum Gasteiger partial charge on any atom is -0.465 e. The fourth-order valence-corrected chi connectivity index (χ4v) is 1.20. The zero-order valence-electron chi connectivity index (χ0n) is 9.73. The van der Waals surface area contributed by atoms with Crippen molar-refractivity contribution in [3.8, 4) is 0 Å². The molecular formula is C11H9F4NO3. The molecule has 0 aliphatic heterocycles. The summed E-state index contributed by atoms with van der Waals surface area (Å²) >= 11 is 0. The predicted molar refractivity (Wildman–Crippen MR) is 55.2 cm³/mol. The topological polar surface area (TPSA) is 55.4 Å². The quantitative estimate of drug-likeness (QED) is 0.393. The Kier molecular flexibility index (Phi) is 4.85. The summed E-state index contributed by atoms with van der Waals surface area (Å²) in [6, 6.07) is 0.203. The molecule has 0 aromatic heterocycles. The number of carbonyl (C=O) groups excluding carboxylic acids is 2. The number of esters is 1. The summed E-state index contributed by atoms with van der Waals surface area (Å²) in [5.74, 6) is -9.72. The summed E-state index contributed by atoms with van der Waals surface area (Å²) in [6.45, 7) is 1.000. The normalized spacial score (nSPS) is 10.2. The average Bonchev–Trinajstić information content (AvgIpc) is 2.38. The van der Waals surface area contributed by atoms with Crippen LogP contribution in [0.2, 0.25) is 0 Å². The second kappa shape index (κ2) is 6.17. The smallest absolute Gasteiger partial charge is 0.325 e. The Morgan fingerprint density at radius 3 is 2.37 bits per heavy atom. The van der Waals surface area contributed by atoms with E-state index in [1.807, 2.05) is 5.32 Å². The van der Waals surface area contributed by atoms with Gasteiger partial charge in [-0.1, -0.05) is 0 Å². The summed E-state index contributed by atoms with van der Waals surface area (Å²) < 4.78 is 56.0. The lowest BCUT2D eigenvalue weighted by Crippen LogP contribution is -2.31. The molecule has 0 spiro atoms. The number of nitrogens with one attached hydrogen (secondary N) is 1. The van der Waals surface area contributed by atoms with Gasteiger partial charge in [-0.25, -0.2) is 17.6 Å². The average molecular weight is 279 g/mol. The van der Waals surface area contributed by atoms with Gasteiger partial charge in [0.1, 0.15) is 6.54 Å². The molecule has 1 amide bonds. The van der Waals surface area contributed by atoms with Gasteiger partial charge in [0.15, 0.2) is 23.3 Å². The molecule has 1 aromatic rings. The molecular weight excluding hydrogens is 270 g/mol. The van der Waals surface area contributed by atoms with Crippen LogP contribution in [-0.4, -0.2) is 25.0 Å². The summed E-state index contributed by atoms with van der Waals surface area (Å²) in [6.07, 6.45) is 0. The molecule has 0 fully saturated rings. The lowest BCUT2D eigenvalue weighted by atomic mass is 10.1. The van der Waals surface area contributed by atoms with E-state index in [4.69, 9.17) is 0 Å². The Morgan fingerprint density at radius 1 is 1.16 bits per heavy atom. The molecule has 1 aromatic carbocycles. The van der Waals surface area contributed by atoms with Crippen LogP contribution in [-0.2, 0) is 9.53 Å². The summed E-state index contributed by atoms with van der Waals surface area (Å²) in [5.41, 5.74) is -1.04. The van der Waals surface area contributed by atoms with E-state index in [0.29, 0.717) is 0 Å². The number of hydrogen-bond acceptors (Lipinski definition) is 3. The van der Waals surface area contributed by atoms with Crippen molar-refractivity contribution in [1.82, 2.24) is 5.32 Å². The maximum absolute atomic E-state index is 13.2. The van der Waals surface area contributed by atoms with Gasteiger partial charge >= 0.3 is 5.97 Å². The van der Waals surface area contributed by atoms with Gasteiger partial charge < -0.3 is 10.1 Å². The van der Waals surface area contributed by atoms with E-state index < -0.39 is 47.3 Å². The Bertz CT molecular complexity index is 519. The maximum atomic E-state index is 13.2. The predicted octanol–water partition coefficient (Wildman–Crippen LogP) is 1.54. The molecule has 0 atom stereocenters. The van der Waals surface area contributed by atoms with E-state index in [-0.39, 0.29) is 12.7 Å². The molecule has 1 N–H and O–H groups in total. The van der Waals surface area contributed by atoms with Crippen LogP contribution in [0.4, 0.5) is 17.6 Å². The molecule has 0 aliphatic rings. The molecule has 0 aliphatic carbocycles. The fourth-order valence-electron chi connectivity index (χ4n) is 1.20. The highest BCUT2D eigenvalue weighted by atomic mass is 19.2. The number of benzene rings is 1. The monoisotopic (exact) mass is 279 g/mol. The van der Waals surface area contributed by atoms with Crippen LogP contribution in [0.5, 0.6) is 0 Å². The molecule has 19 heavy (non-hydrogen) atoms. The second-order valence-corrected chi connectivity index (χ2v) is 3.34. The lowest BCUT2D eigenvalue weighted by molar-refractivity contribution is -0.141. The molecule has 0 heterocycles. The van der Waals surface area contributed by atoms with Crippen LogP contribution in [0.3, 0.4) is 0 Å². The number of hydrogen-bond donors (Lipinski definition) is 1. The minimum absolute atomic E-state index is 0.0723. The Labute approximate surface area is 105 Å². The number of halogens is 4. The third-order valence-electron chi connectivity index (χ3n) is 2.05. The molecule has 8 heteroatoms. The van der Waals surface area contributed by atoms with E-state index in [1.165, 1.54) is 6.92 Å². The second-order valence-electron chi connectivity index (χ2n) is 3.34. The standard InChI is InChI=1S/C11H9F4NO3/c1-2-19-7(17)4-16-11(18)5-3-6(12)9(14)10(15)8(5)13/h3H,2,4H2,1H3,(H,16,18). The van der Waals surface area contributed by atoms with Gasteiger partial charge in [-0.2, -0.15) is 0 Å². The van der Waals surface area contributed by atoms with Crippen molar-refractivity contribution in [1.29, 1.82) is 0 Å². The van der Waals surface area contributed by atoms with Gasteiger partial charge in [0, 0.05) is 0 Å². The van der Waals surface area contributed by atoms with Crippen molar-refractivity contribution >= 4 is 11.9 Å². The first-order valence-electron chi connectivity index (χ1n) is 5.15. The highest BCUT2D eigenvalue weighted by molar-refractivity contribution is 5.96. The Balaban J connectivity index is 2.86. The van der Waals surface area contributed by atoms with Crippen LogP contribution in [0.1, 0.15) is 17.3 Å². The first-order valence-corrected chi connectivity index (χ1v) is 5.15. The van der Waals surface area contributed by atoms with Crippen LogP contribution >= 0.6 is 0 Å². The van der Waals surface area contributed by atoms with Gasteiger partial charge in [-0.05, 0) is 13.0 Å². The van der Waals surface area contributed by atoms with E-state index in [0.717, 1.165) is 0 Å².